The lowest BCUT2D eigenvalue weighted by Gasteiger charge is -2.03. The quantitative estimate of drug-likeness (QED) is 0.771. The third kappa shape index (κ3) is 2.23. The molecule has 3 aromatic rings. The van der Waals surface area contributed by atoms with E-state index in [0.29, 0.717) is 5.95 Å². The van der Waals surface area contributed by atoms with Crippen molar-refractivity contribution in [1.82, 2.24) is 19.6 Å². The van der Waals surface area contributed by atoms with Crippen molar-refractivity contribution in [3.63, 3.8) is 0 Å². The highest BCUT2D eigenvalue weighted by atomic mass is 16.1. The second kappa shape index (κ2) is 4.73. The van der Waals surface area contributed by atoms with Crippen LogP contribution in [0.5, 0.6) is 0 Å². The van der Waals surface area contributed by atoms with Crippen molar-refractivity contribution < 1.29 is 4.79 Å². The van der Waals surface area contributed by atoms with Crippen LogP contribution in [0, 0.1) is 6.92 Å². The van der Waals surface area contributed by atoms with Crippen LogP contribution in [0.4, 0.5) is 5.95 Å². The number of carbonyl (C=O) groups is 1. The lowest BCUT2D eigenvalue weighted by Crippen LogP contribution is -2.07. The molecule has 3 aromatic heterocycles. The smallest absolute Gasteiger partial charge is 0.249 e. The van der Waals surface area contributed by atoms with Gasteiger partial charge in [-0.25, -0.2) is 4.52 Å². The Morgan fingerprint density at radius 2 is 2.20 bits per heavy atom. The van der Waals surface area contributed by atoms with Crippen LogP contribution in [0.15, 0.2) is 36.8 Å². The largest absolute Gasteiger partial charge is 0.293 e. The van der Waals surface area contributed by atoms with Crippen LogP contribution in [-0.2, 0) is 4.79 Å². The number of hydrogen-bond donors (Lipinski definition) is 1. The molecule has 0 saturated heterocycles. The fourth-order valence-corrected chi connectivity index (χ4v) is 2.05. The molecule has 20 heavy (non-hydrogen) atoms. The molecule has 100 valence electrons. The molecule has 6 heteroatoms. The van der Waals surface area contributed by atoms with Gasteiger partial charge in [0, 0.05) is 36.6 Å². The van der Waals surface area contributed by atoms with Crippen molar-refractivity contribution in [3.8, 4) is 11.1 Å². The molecular weight excluding hydrogens is 254 g/mol. The Hall–Kier alpha value is -2.76. The van der Waals surface area contributed by atoms with Crippen molar-refractivity contribution in [2.75, 3.05) is 5.32 Å². The van der Waals surface area contributed by atoms with Gasteiger partial charge in [-0.05, 0) is 24.6 Å². The predicted octanol–water partition coefficient (Wildman–Crippen LogP) is 2.06. The molecule has 1 N–H and O–H groups in total. The lowest BCUT2D eigenvalue weighted by atomic mass is 10.1. The first-order valence-corrected chi connectivity index (χ1v) is 6.18. The minimum Gasteiger partial charge on any atom is -0.293 e. The zero-order chi connectivity index (χ0) is 14.1. The van der Waals surface area contributed by atoms with Gasteiger partial charge < -0.3 is 0 Å². The van der Waals surface area contributed by atoms with Crippen molar-refractivity contribution in [2.24, 2.45) is 0 Å². The maximum atomic E-state index is 11.1. The molecule has 0 aliphatic rings. The molecule has 3 heterocycles. The number of fused-ring (bicyclic) bond motifs is 1. The molecule has 1 amide bonds. The molecule has 0 aromatic carbocycles. The Balaban J connectivity index is 2.11. The molecular formula is C14H13N5O. The molecule has 6 nitrogen and oxygen atoms in total. The Bertz CT molecular complexity index is 779. The summed E-state index contributed by atoms with van der Waals surface area (Å²) in [5.41, 5.74) is 3.72. The maximum Gasteiger partial charge on any atom is 0.249 e. The molecule has 0 unspecified atom stereocenters. The normalized spacial score (nSPS) is 10.7. The molecule has 0 saturated carbocycles. The first-order valence-electron chi connectivity index (χ1n) is 6.18. The molecule has 0 aliphatic carbocycles. The summed E-state index contributed by atoms with van der Waals surface area (Å²) in [4.78, 5) is 19.5. The van der Waals surface area contributed by atoms with E-state index in [9.17, 15) is 4.79 Å². The van der Waals surface area contributed by atoms with Gasteiger partial charge in [0.05, 0.1) is 0 Å². The van der Waals surface area contributed by atoms with Gasteiger partial charge in [-0.15, -0.1) is 5.10 Å². The summed E-state index contributed by atoms with van der Waals surface area (Å²) >= 11 is 0. The predicted molar refractivity (Wildman–Crippen MR) is 75.3 cm³/mol. The third-order valence-corrected chi connectivity index (χ3v) is 2.90. The second-order valence-corrected chi connectivity index (χ2v) is 4.54. The van der Waals surface area contributed by atoms with Crippen LogP contribution < -0.4 is 5.32 Å². The minimum atomic E-state index is -0.189. The first kappa shape index (κ1) is 12.3. The number of nitrogens with one attached hydrogen (secondary N) is 1. The van der Waals surface area contributed by atoms with Gasteiger partial charge in [-0.2, -0.15) is 4.98 Å². The van der Waals surface area contributed by atoms with Crippen LogP contribution >= 0.6 is 0 Å². The Labute approximate surface area is 115 Å². The topological polar surface area (TPSA) is 72.2 Å². The minimum absolute atomic E-state index is 0.189. The summed E-state index contributed by atoms with van der Waals surface area (Å²) in [5.74, 6) is 0.120. The fourth-order valence-electron chi connectivity index (χ4n) is 2.05. The maximum absolute atomic E-state index is 11.1. The molecule has 3 rings (SSSR count). The molecule has 0 atom stereocenters. The van der Waals surface area contributed by atoms with Crippen LogP contribution in [0.1, 0.15) is 12.5 Å². The van der Waals surface area contributed by atoms with Crippen LogP contribution in [0.25, 0.3) is 16.8 Å². The van der Waals surface area contributed by atoms with Gasteiger partial charge in [0.15, 0.2) is 5.65 Å². The molecule has 0 bridgehead atoms. The van der Waals surface area contributed by atoms with E-state index in [4.69, 9.17) is 0 Å². The molecule has 0 spiro atoms. The fraction of sp³-hybridized carbons (Fsp3) is 0.143. The number of aromatic nitrogens is 4. The van der Waals surface area contributed by atoms with Gasteiger partial charge in [-0.1, -0.05) is 6.07 Å². The Morgan fingerprint density at radius 3 is 2.90 bits per heavy atom. The zero-order valence-electron chi connectivity index (χ0n) is 11.2. The van der Waals surface area contributed by atoms with Crippen molar-refractivity contribution >= 4 is 17.5 Å². The Morgan fingerprint density at radius 1 is 1.35 bits per heavy atom. The molecule has 0 radical (unpaired) electrons. The monoisotopic (exact) mass is 267 g/mol. The number of hydrogen-bond acceptors (Lipinski definition) is 4. The number of rotatable bonds is 2. The van der Waals surface area contributed by atoms with E-state index in [-0.39, 0.29) is 5.91 Å². The summed E-state index contributed by atoms with van der Waals surface area (Å²) in [6, 6.07) is 5.90. The first-order chi connectivity index (χ1) is 9.63. The highest BCUT2D eigenvalue weighted by Crippen LogP contribution is 2.21. The summed E-state index contributed by atoms with van der Waals surface area (Å²) in [5, 5.41) is 6.84. The van der Waals surface area contributed by atoms with E-state index >= 15 is 0 Å². The number of anilines is 1. The van der Waals surface area contributed by atoms with Gasteiger partial charge >= 0.3 is 0 Å². The van der Waals surface area contributed by atoms with Crippen LogP contribution in [0.2, 0.25) is 0 Å². The van der Waals surface area contributed by atoms with Gasteiger partial charge in [0.25, 0.3) is 0 Å². The number of nitrogens with zero attached hydrogens (tertiary/aromatic N) is 4. The summed E-state index contributed by atoms with van der Waals surface area (Å²) in [6.45, 7) is 3.39. The lowest BCUT2D eigenvalue weighted by molar-refractivity contribution is -0.114. The number of aryl methyl sites for hydroxylation is 1. The zero-order valence-corrected chi connectivity index (χ0v) is 11.2. The third-order valence-electron chi connectivity index (χ3n) is 2.90. The summed E-state index contributed by atoms with van der Waals surface area (Å²) in [6.07, 6.45) is 5.41. The highest BCUT2D eigenvalue weighted by molar-refractivity contribution is 5.87. The standard InChI is InChI=1S/C14H13N5O/c1-9-6-12(11-4-3-5-15-7-11)8-19-13(9)17-14(18-19)16-10(2)20/h3-8H,1-2H3,(H,16,18,20). The van der Waals surface area contributed by atoms with Crippen LogP contribution in [0.3, 0.4) is 0 Å². The summed E-state index contributed by atoms with van der Waals surface area (Å²) in [7, 11) is 0. The van der Waals surface area contributed by atoms with Crippen molar-refractivity contribution in [1.29, 1.82) is 0 Å². The number of carbonyl (C=O) groups excluding carboxylic acids is 1. The summed E-state index contributed by atoms with van der Waals surface area (Å²) < 4.78 is 1.67. The van der Waals surface area contributed by atoms with E-state index in [1.807, 2.05) is 31.3 Å². The molecule has 0 aliphatic heterocycles. The van der Waals surface area contributed by atoms with Crippen molar-refractivity contribution in [3.05, 3.63) is 42.4 Å². The number of amides is 1. The van der Waals surface area contributed by atoms with Crippen molar-refractivity contribution in [2.45, 2.75) is 13.8 Å². The van der Waals surface area contributed by atoms with Gasteiger partial charge in [0.1, 0.15) is 0 Å². The van der Waals surface area contributed by atoms with E-state index in [1.165, 1.54) is 6.92 Å². The van der Waals surface area contributed by atoms with E-state index in [1.54, 1.807) is 16.9 Å². The number of pyridine rings is 2. The highest BCUT2D eigenvalue weighted by Gasteiger charge is 2.09. The van der Waals surface area contributed by atoms with Gasteiger partial charge in [-0.3, -0.25) is 15.1 Å². The van der Waals surface area contributed by atoms with Gasteiger partial charge in [0.2, 0.25) is 11.9 Å². The Kier molecular flexibility index (Phi) is 2.90. The van der Waals surface area contributed by atoms with E-state index < -0.39 is 0 Å². The molecule has 0 fully saturated rings. The van der Waals surface area contributed by atoms with Crippen LogP contribution in [-0.4, -0.2) is 25.5 Å². The SMILES string of the molecule is CC(=O)Nc1nc2c(C)cc(-c3cccnc3)cn2n1. The average molecular weight is 267 g/mol. The second-order valence-electron chi connectivity index (χ2n) is 4.54. The average Bonchev–Trinajstić information content (AvgIpc) is 2.82. The van der Waals surface area contributed by atoms with E-state index in [0.717, 1.165) is 22.3 Å². The van der Waals surface area contributed by atoms with E-state index in [2.05, 4.69) is 20.4 Å².